The van der Waals surface area contributed by atoms with E-state index in [4.69, 9.17) is 14.4 Å². The van der Waals surface area contributed by atoms with Gasteiger partial charge >= 0.3 is 0 Å². The van der Waals surface area contributed by atoms with E-state index in [9.17, 15) is 4.39 Å². The molecule has 0 spiro atoms. The number of aromatic nitrogens is 3. The summed E-state index contributed by atoms with van der Waals surface area (Å²) in [6.07, 6.45) is 3.99. The third-order valence-electron chi connectivity index (χ3n) is 6.78. The molecule has 0 unspecified atom stereocenters. The van der Waals surface area contributed by atoms with Gasteiger partial charge in [0.25, 0.3) is 0 Å². The number of para-hydroxylation sites is 1. The summed E-state index contributed by atoms with van der Waals surface area (Å²) in [6, 6.07) is 17.3. The van der Waals surface area contributed by atoms with Crippen LogP contribution in [0, 0.1) is 5.82 Å². The molecule has 0 aliphatic heterocycles. The first kappa shape index (κ1) is 22.9. The lowest BCUT2D eigenvalue weighted by molar-refractivity contribution is 0.271. The van der Waals surface area contributed by atoms with Crippen molar-refractivity contribution in [2.75, 3.05) is 0 Å². The first-order valence-corrected chi connectivity index (χ1v) is 15.1. The molecule has 0 saturated carbocycles. The van der Waals surface area contributed by atoms with Gasteiger partial charge in [-0.3, -0.25) is 0 Å². The summed E-state index contributed by atoms with van der Waals surface area (Å²) >= 11 is 1.63. The molecule has 0 radical (unpaired) electrons. The quantitative estimate of drug-likeness (QED) is 0.235. The number of hydrogen-bond donors (Lipinski definition) is 0. The van der Waals surface area contributed by atoms with Gasteiger partial charge in [0.15, 0.2) is 8.32 Å². The molecule has 0 N–H and O–H groups in total. The number of imidazole rings is 1. The fraction of sp³-hybridized carbons (Fsp3) is 0.259. The van der Waals surface area contributed by atoms with Crippen LogP contribution in [0.15, 0.2) is 67.0 Å². The molecular weight excluding hydrogens is 461 g/mol. The topological polar surface area (TPSA) is 39.4 Å². The number of benzene rings is 2. The van der Waals surface area contributed by atoms with Crippen molar-refractivity contribution >= 4 is 35.5 Å². The van der Waals surface area contributed by atoms with Gasteiger partial charge in [-0.25, -0.2) is 14.4 Å². The van der Waals surface area contributed by atoms with Crippen LogP contribution in [0.4, 0.5) is 4.39 Å². The Hall–Kier alpha value is -2.87. The molecule has 0 aliphatic rings. The summed E-state index contributed by atoms with van der Waals surface area (Å²) in [7, 11) is -2.01. The molecule has 0 atom stereocenters. The number of thiazole rings is 1. The zero-order valence-electron chi connectivity index (χ0n) is 20.1. The molecule has 2 aromatic carbocycles. The molecule has 3 heterocycles. The van der Waals surface area contributed by atoms with Crippen LogP contribution < -0.4 is 0 Å². The van der Waals surface area contributed by atoms with Gasteiger partial charge in [0.1, 0.15) is 22.2 Å². The van der Waals surface area contributed by atoms with Gasteiger partial charge in [-0.15, -0.1) is 11.3 Å². The minimum atomic E-state index is -2.01. The molecule has 4 nitrogen and oxygen atoms in total. The Balaban J connectivity index is 1.50. The van der Waals surface area contributed by atoms with Crippen LogP contribution in [0.5, 0.6) is 0 Å². The van der Waals surface area contributed by atoms with E-state index in [2.05, 4.69) is 39.9 Å². The maximum atomic E-state index is 15.0. The molecule has 174 valence electrons. The zero-order valence-corrected chi connectivity index (χ0v) is 21.9. The third-order valence-corrected chi connectivity index (χ3v) is 12.3. The first-order valence-electron chi connectivity index (χ1n) is 11.4. The summed E-state index contributed by atoms with van der Waals surface area (Å²) in [4.78, 5) is 9.50. The maximum Gasteiger partial charge on any atom is 0.192 e. The Kier molecular flexibility index (Phi) is 5.66. The van der Waals surface area contributed by atoms with E-state index >= 15 is 0 Å². The highest BCUT2D eigenvalue weighted by molar-refractivity contribution is 7.21. The van der Waals surface area contributed by atoms with Crippen LogP contribution in [-0.2, 0) is 11.0 Å². The zero-order chi connectivity index (χ0) is 24.1. The molecule has 0 bridgehead atoms. The molecule has 0 saturated heterocycles. The van der Waals surface area contributed by atoms with Gasteiger partial charge in [-0.2, -0.15) is 0 Å². The summed E-state index contributed by atoms with van der Waals surface area (Å²) < 4.78 is 24.5. The van der Waals surface area contributed by atoms with Gasteiger partial charge in [0.2, 0.25) is 0 Å². The fourth-order valence-corrected chi connectivity index (χ4v) is 5.54. The molecule has 34 heavy (non-hydrogen) atoms. The summed E-state index contributed by atoms with van der Waals surface area (Å²) in [5, 5.41) is 0.950. The van der Waals surface area contributed by atoms with Crippen molar-refractivity contribution in [2.24, 2.45) is 0 Å². The Morgan fingerprint density at radius 1 is 0.971 bits per heavy atom. The highest BCUT2D eigenvalue weighted by Crippen LogP contribution is 2.38. The van der Waals surface area contributed by atoms with E-state index in [0.29, 0.717) is 5.56 Å². The minimum Gasteiger partial charge on any atom is -0.412 e. The van der Waals surface area contributed by atoms with E-state index in [-0.39, 0.29) is 17.5 Å². The van der Waals surface area contributed by atoms with Crippen molar-refractivity contribution in [1.29, 1.82) is 0 Å². The number of halogens is 1. The van der Waals surface area contributed by atoms with Gasteiger partial charge < -0.3 is 8.83 Å². The van der Waals surface area contributed by atoms with Crippen LogP contribution in [0.3, 0.4) is 0 Å². The van der Waals surface area contributed by atoms with E-state index in [1.54, 1.807) is 17.4 Å². The summed E-state index contributed by atoms with van der Waals surface area (Å²) in [6.45, 7) is 11.2. The average molecular weight is 490 g/mol. The van der Waals surface area contributed by atoms with Crippen molar-refractivity contribution in [3.05, 3.63) is 78.4 Å². The second-order valence-corrected chi connectivity index (χ2v) is 16.0. The minimum absolute atomic E-state index is 0.0607. The van der Waals surface area contributed by atoms with Gasteiger partial charge in [-0.05, 0) is 59.6 Å². The molecule has 5 rings (SSSR count). The molecule has 3 aromatic heterocycles. The van der Waals surface area contributed by atoms with Crippen molar-refractivity contribution in [1.82, 2.24) is 14.4 Å². The van der Waals surface area contributed by atoms with Crippen LogP contribution in [-0.4, -0.2) is 22.7 Å². The first-order chi connectivity index (χ1) is 16.1. The molecule has 0 fully saturated rings. The molecule has 7 heteroatoms. The molecule has 5 aromatic rings. The monoisotopic (exact) mass is 489 g/mol. The van der Waals surface area contributed by atoms with Gasteiger partial charge in [-0.1, -0.05) is 45.0 Å². The lowest BCUT2D eigenvalue weighted by Gasteiger charge is -2.36. The lowest BCUT2D eigenvalue weighted by atomic mass is 10.0. The number of nitrogens with zero attached hydrogens (tertiary/aromatic N) is 3. The summed E-state index contributed by atoms with van der Waals surface area (Å²) in [5.41, 5.74) is 5.00. The number of rotatable bonds is 5. The van der Waals surface area contributed by atoms with Crippen molar-refractivity contribution in [2.45, 2.75) is 45.5 Å². The molecule has 0 amide bonds. The predicted octanol–water partition coefficient (Wildman–Crippen LogP) is 7.94. The second-order valence-electron chi connectivity index (χ2n) is 10.1. The summed E-state index contributed by atoms with van der Waals surface area (Å²) in [5.74, 6) is -0.239. The fourth-order valence-electron chi connectivity index (χ4n) is 3.68. The second kappa shape index (κ2) is 8.41. The van der Waals surface area contributed by atoms with Gasteiger partial charge in [0.05, 0.1) is 16.8 Å². The van der Waals surface area contributed by atoms with Crippen molar-refractivity contribution < 1.29 is 8.82 Å². The van der Waals surface area contributed by atoms with E-state index in [1.165, 1.54) is 6.07 Å². The van der Waals surface area contributed by atoms with E-state index in [0.717, 1.165) is 37.7 Å². The Labute approximate surface area is 204 Å². The predicted molar refractivity (Wildman–Crippen MR) is 141 cm³/mol. The van der Waals surface area contributed by atoms with Crippen molar-refractivity contribution in [3.63, 3.8) is 0 Å². The van der Waals surface area contributed by atoms with Crippen LogP contribution in [0.1, 0.15) is 26.3 Å². The Bertz CT molecular complexity index is 1470. The third kappa shape index (κ3) is 4.19. The highest BCUT2D eigenvalue weighted by Gasteiger charge is 2.37. The average Bonchev–Trinajstić information content (AvgIpc) is 3.40. The number of fused-ring (bicyclic) bond motifs is 2. The van der Waals surface area contributed by atoms with Crippen LogP contribution in [0.2, 0.25) is 18.1 Å². The molecular formula is C27H28FN3OSSi. The maximum absolute atomic E-state index is 15.0. The van der Waals surface area contributed by atoms with E-state index in [1.807, 2.05) is 53.2 Å². The Morgan fingerprint density at radius 3 is 2.53 bits per heavy atom. The van der Waals surface area contributed by atoms with Crippen LogP contribution >= 0.6 is 11.3 Å². The number of hydrogen-bond acceptors (Lipinski definition) is 4. The van der Waals surface area contributed by atoms with Crippen LogP contribution in [0.25, 0.3) is 37.7 Å². The Morgan fingerprint density at radius 2 is 1.76 bits per heavy atom. The highest BCUT2D eigenvalue weighted by atomic mass is 32.1. The van der Waals surface area contributed by atoms with Crippen molar-refractivity contribution in [3.8, 4) is 21.8 Å². The smallest absolute Gasteiger partial charge is 0.192 e. The molecule has 0 aliphatic carbocycles. The van der Waals surface area contributed by atoms with E-state index < -0.39 is 8.32 Å². The lowest BCUT2D eigenvalue weighted by Crippen LogP contribution is -2.40. The standard InChI is InChI=1S/C27H28FN3OSSi/c1-27(2,3)34(4,5)32-17-20-19(9-8-10-21(20)28)18-13-14-25-29-23(16-31(25)15-18)26-30-22-11-6-7-12-24(22)33-26/h6-16H,17H2,1-5H3. The number of pyridine rings is 1. The van der Waals surface area contributed by atoms with Gasteiger partial charge in [0, 0.05) is 18.0 Å². The SMILES string of the molecule is CC(C)(C)[Si](C)(C)OCc1c(F)cccc1-c1ccc2nc(-c3nc4ccccc4s3)cn2c1. The largest absolute Gasteiger partial charge is 0.412 e. The normalized spacial score (nSPS) is 12.6.